The standard InChI is InChI=1S/C19H22N2O6/c1-12(22)26-11-14-9-15(21-8-7-16(23)20-19(21)25)17(24)18(14)27-10-13-5-3-2-4-6-13/h2-8,14-15,17-18,24H,9-11H2,1H3,(H,20,23,25)/t14-,15-,17+,18+/m1/s1. The Kier molecular flexibility index (Phi) is 5.88. The maximum absolute atomic E-state index is 12.1. The second kappa shape index (κ2) is 8.32. The van der Waals surface area contributed by atoms with Crippen LogP contribution in [0.5, 0.6) is 0 Å². The summed E-state index contributed by atoms with van der Waals surface area (Å²) in [6, 6.07) is 10.1. The average Bonchev–Trinajstić information content (AvgIpc) is 2.95. The summed E-state index contributed by atoms with van der Waals surface area (Å²) in [5, 5.41) is 10.8. The maximum atomic E-state index is 12.1. The molecule has 1 heterocycles. The molecule has 1 aliphatic carbocycles. The van der Waals surface area contributed by atoms with Crippen molar-refractivity contribution in [2.75, 3.05) is 6.61 Å². The van der Waals surface area contributed by atoms with Crippen molar-refractivity contribution in [1.29, 1.82) is 0 Å². The van der Waals surface area contributed by atoms with E-state index in [1.165, 1.54) is 23.8 Å². The number of aliphatic hydroxyl groups is 1. The van der Waals surface area contributed by atoms with Crippen LogP contribution in [-0.4, -0.2) is 39.4 Å². The van der Waals surface area contributed by atoms with Crippen LogP contribution in [0.2, 0.25) is 0 Å². The molecule has 8 heteroatoms. The van der Waals surface area contributed by atoms with Gasteiger partial charge in [0.25, 0.3) is 5.56 Å². The van der Waals surface area contributed by atoms with E-state index < -0.39 is 35.5 Å². The van der Waals surface area contributed by atoms with Crippen LogP contribution < -0.4 is 11.2 Å². The van der Waals surface area contributed by atoms with Gasteiger partial charge in [-0.2, -0.15) is 0 Å². The maximum Gasteiger partial charge on any atom is 0.328 e. The number of carbonyl (C=O) groups is 1. The van der Waals surface area contributed by atoms with Gasteiger partial charge in [0.05, 0.1) is 25.4 Å². The summed E-state index contributed by atoms with van der Waals surface area (Å²) in [5.41, 5.74) is -0.154. The molecule has 3 rings (SSSR count). The van der Waals surface area contributed by atoms with Gasteiger partial charge in [0.1, 0.15) is 6.10 Å². The fourth-order valence-corrected chi connectivity index (χ4v) is 3.44. The monoisotopic (exact) mass is 374 g/mol. The number of benzene rings is 1. The fraction of sp³-hybridized carbons (Fsp3) is 0.421. The summed E-state index contributed by atoms with van der Waals surface area (Å²) in [6.45, 7) is 1.68. The van der Waals surface area contributed by atoms with Crippen molar-refractivity contribution in [3.05, 3.63) is 69.0 Å². The molecule has 8 nitrogen and oxygen atoms in total. The normalized spacial score (nSPS) is 24.7. The molecule has 144 valence electrons. The first-order valence-electron chi connectivity index (χ1n) is 8.74. The molecule has 2 N–H and O–H groups in total. The zero-order valence-corrected chi connectivity index (χ0v) is 14.9. The third kappa shape index (κ3) is 4.53. The predicted molar refractivity (Wildman–Crippen MR) is 96.1 cm³/mol. The quantitative estimate of drug-likeness (QED) is 0.717. The zero-order chi connectivity index (χ0) is 19.4. The molecule has 0 radical (unpaired) electrons. The number of hydrogen-bond acceptors (Lipinski definition) is 6. The van der Waals surface area contributed by atoms with Gasteiger partial charge in [0, 0.05) is 25.1 Å². The molecular formula is C19H22N2O6. The summed E-state index contributed by atoms with van der Waals surface area (Å²) >= 11 is 0. The van der Waals surface area contributed by atoms with Crippen LogP contribution in [0.25, 0.3) is 0 Å². The minimum atomic E-state index is -0.988. The van der Waals surface area contributed by atoms with Crippen LogP contribution in [0.1, 0.15) is 24.9 Å². The second-order valence-corrected chi connectivity index (χ2v) is 6.63. The molecule has 2 aromatic rings. The van der Waals surface area contributed by atoms with Gasteiger partial charge >= 0.3 is 11.7 Å². The summed E-state index contributed by atoms with van der Waals surface area (Å²) in [7, 11) is 0. The van der Waals surface area contributed by atoms with Crippen LogP contribution in [0.4, 0.5) is 0 Å². The van der Waals surface area contributed by atoms with Gasteiger partial charge in [-0.15, -0.1) is 0 Å². The first-order chi connectivity index (χ1) is 13.0. The van der Waals surface area contributed by atoms with E-state index >= 15 is 0 Å². The molecule has 1 aromatic carbocycles. The predicted octanol–water partition coefficient (Wildman–Crippen LogP) is 0.607. The number of rotatable bonds is 6. The van der Waals surface area contributed by atoms with Gasteiger partial charge in [-0.05, 0) is 12.0 Å². The lowest BCUT2D eigenvalue weighted by atomic mass is 10.1. The van der Waals surface area contributed by atoms with Crippen LogP contribution in [0.15, 0.2) is 52.2 Å². The van der Waals surface area contributed by atoms with Gasteiger partial charge in [0.15, 0.2) is 0 Å². The number of nitrogens with zero attached hydrogens (tertiary/aromatic N) is 1. The molecular weight excluding hydrogens is 352 g/mol. The van der Waals surface area contributed by atoms with Gasteiger partial charge in [-0.3, -0.25) is 19.1 Å². The number of aromatic amines is 1. The molecule has 1 aliphatic rings. The lowest BCUT2D eigenvalue weighted by molar-refractivity contribution is -0.144. The zero-order valence-electron chi connectivity index (χ0n) is 14.9. The van der Waals surface area contributed by atoms with E-state index in [4.69, 9.17) is 9.47 Å². The Bertz CT molecular complexity index is 891. The molecule has 0 saturated heterocycles. The van der Waals surface area contributed by atoms with Crippen molar-refractivity contribution in [3.63, 3.8) is 0 Å². The molecule has 0 aliphatic heterocycles. The highest BCUT2D eigenvalue weighted by Crippen LogP contribution is 2.37. The molecule has 0 spiro atoms. The third-order valence-corrected chi connectivity index (χ3v) is 4.73. The molecule has 1 aromatic heterocycles. The number of aromatic nitrogens is 2. The molecule has 1 saturated carbocycles. The highest BCUT2D eigenvalue weighted by atomic mass is 16.5. The summed E-state index contributed by atoms with van der Waals surface area (Å²) in [4.78, 5) is 36.8. The minimum absolute atomic E-state index is 0.0838. The molecule has 1 fully saturated rings. The number of H-pyrrole nitrogens is 1. The molecule has 27 heavy (non-hydrogen) atoms. The molecule has 0 unspecified atom stereocenters. The van der Waals surface area contributed by atoms with Crippen molar-refractivity contribution >= 4 is 5.97 Å². The average molecular weight is 374 g/mol. The summed E-state index contributed by atoms with van der Waals surface area (Å²) in [6.07, 6.45) is 0.128. The van der Waals surface area contributed by atoms with Crippen LogP contribution >= 0.6 is 0 Å². The van der Waals surface area contributed by atoms with E-state index in [1.54, 1.807) is 0 Å². The number of aliphatic hydroxyl groups excluding tert-OH is 1. The number of ether oxygens (including phenoxy) is 2. The summed E-state index contributed by atoms with van der Waals surface area (Å²) < 4.78 is 12.3. The van der Waals surface area contributed by atoms with Crippen LogP contribution in [0.3, 0.4) is 0 Å². The van der Waals surface area contributed by atoms with Gasteiger partial charge in [0.2, 0.25) is 0 Å². The largest absolute Gasteiger partial charge is 0.465 e. The SMILES string of the molecule is CC(=O)OC[C@H]1C[C@@H](n2ccc(=O)[nH]c2=O)[C@H](O)[C@H]1OCc1ccccc1. The topological polar surface area (TPSA) is 111 Å². The summed E-state index contributed by atoms with van der Waals surface area (Å²) in [5.74, 6) is -0.701. The third-order valence-electron chi connectivity index (χ3n) is 4.73. The fourth-order valence-electron chi connectivity index (χ4n) is 3.44. The highest BCUT2D eigenvalue weighted by Gasteiger charge is 2.45. The van der Waals surface area contributed by atoms with Crippen molar-refractivity contribution in [2.45, 2.75) is 38.2 Å². The van der Waals surface area contributed by atoms with Crippen molar-refractivity contribution < 1.29 is 19.4 Å². The van der Waals surface area contributed by atoms with E-state index in [1.807, 2.05) is 30.3 Å². The van der Waals surface area contributed by atoms with E-state index in [0.717, 1.165) is 5.56 Å². The lowest BCUT2D eigenvalue weighted by Crippen LogP contribution is -2.38. The van der Waals surface area contributed by atoms with E-state index in [9.17, 15) is 19.5 Å². The van der Waals surface area contributed by atoms with Crippen molar-refractivity contribution in [3.8, 4) is 0 Å². The Morgan fingerprint density at radius 3 is 2.67 bits per heavy atom. The Morgan fingerprint density at radius 2 is 2.00 bits per heavy atom. The number of carbonyl (C=O) groups excluding carboxylic acids is 1. The first-order valence-corrected chi connectivity index (χ1v) is 8.74. The van der Waals surface area contributed by atoms with Crippen LogP contribution in [0, 0.1) is 5.92 Å². The van der Waals surface area contributed by atoms with Gasteiger partial charge in [-0.25, -0.2) is 4.79 Å². The number of esters is 1. The number of nitrogens with one attached hydrogen (secondary N) is 1. The lowest BCUT2D eigenvalue weighted by Gasteiger charge is -2.23. The Morgan fingerprint density at radius 1 is 1.26 bits per heavy atom. The van der Waals surface area contributed by atoms with E-state index in [2.05, 4.69) is 4.98 Å². The highest BCUT2D eigenvalue weighted by molar-refractivity contribution is 5.65. The van der Waals surface area contributed by atoms with Gasteiger partial charge < -0.3 is 14.6 Å². The van der Waals surface area contributed by atoms with Crippen molar-refractivity contribution in [1.82, 2.24) is 9.55 Å². The van der Waals surface area contributed by atoms with Crippen molar-refractivity contribution in [2.24, 2.45) is 5.92 Å². The smallest absolute Gasteiger partial charge is 0.328 e. The molecule has 0 bridgehead atoms. The molecule has 0 amide bonds. The Hall–Kier alpha value is -2.71. The van der Waals surface area contributed by atoms with Crippen LogP contribution in [-0.2, 0) is 20.9 Å². The van der Waals surface area contributed by atoms with Gasteiger partial charge in [-0.1, -0.05) is 30.3 Å². The van der Waals surface area contributed by atoms with E-state index in [-0.39, 0.29) is 19.1 Å². The molecule has 4 atom stereocenters. The minimum Gasteiger partial charge on any atom is -0.465 e. The Balaban J connectivity index is 1.80. The Labute approximate surface area is 155 Å². The van der Waals surface area contributed by atoms with E-state index in [0.29, 0.717) is 6.42 Å². The number of hydrogen-bond donors (Lipinski definition) is 2. The first kappa shape index (κ1) is 19.1. The second-order valence-electron chi connectivity index (χ2n) is 6.63.